The van der Waals surface area contributed by atoms with Gasteiger partial charge < -0.3 is 15.8 Å². The molecule has 0 aliphatic heterocycles. The largest absolute Gasteiger partial charge is 0.497 e. The third-order valence-electron chi connectivity index (χ3n) is 2.55. The smallest absolute Gasteiger partial charge is 0.122 e. The van der Waals surface area contributed by atoms with Gasteiger partial charge in [-0.2, -0.15) is 0 Å². The summed E-state index contributed by atoms with van der Waals surface area (Å²) < 4.78 is 5.16. The van der Waals surface area contributed by atoms with Gasteiger partial charge in [-0.3, -0.25) is 5.41 Å². The molecule has 0 fully saturated rings. The van der Waals surface area contributed by atoms with E-state index in [2.05, 4.69) is 5.32 Å². The Morgan fingerprint density at radius 2 is 1.83 bits per heavy atom. The minimum absolute atomic E-state index is 0.0722. The first-order chi connectivity index (χ1) is 8.69. The first kappa shape index (κ1) is 12.0. The van der Waals surface area contributed by atoms with Crippen LogP contribution in [0.4, 0.5) is 11.4 Å². The molecule has 92 valence electrons. The van der Waals surface area contributed by atoms with Crippen molar-refractivity contribution in [1.29, 1.82) is 5.41 Å². The number of rotatable bonds is 4. The van der Waals surface area contributed by atoms with Crippen LogP contribution in [0.5, 0.6) is 5.75 Å². The van der Waals surface area contributed by atoms with Gasteiger partial charge in [0.1, 0.15) is 11.6 Å². The average molecular weight is 241 g/mol. The molecule has 0 unspecified atom stereocenters. The summed E-state index contributed by atoms with van der Waals surface area (Å²) in [5.41, 5.74) is 8.00. The molecular weight excluding hydrogens is 226 g/mol. The molecular formula is C14H15N3O. The lowest BCUT2D eigenvalue weighted by Crippen LogP contribution is -2.10. The molecule has 0 atom stereocenters. The highest BCUT2D eigenvalue weighted by Crippen LogP contribution is 2.21. The van der Waals surface area contributed by atoms with Crippen molar-refractivity contribution < 1.29 is 4.74 Å². The van der Waals surface area contributed by atoms with Gasteiger partial charge in [0.15, 0.2) is 0 Å². The first-order valence-corrected chi connectivity index (χ1v) is 5.54. The molecule has 4 nitrogen and oxygen atoms in total. The average Bonchev–Trinajstić information content (AvgIpc) is 2.39. The van der Waals surface area contributed by atoms with Crippen LogP contribution < -0.4 is 15.8 Å². The molecule has 0 aromatic heterocycles. The van der Waals surface area contributed by atoms with Gasteiger partial charge in [0.05, 0.1) is 7.11 Å². The number of hydrogen-bond acceptors (Lipinski definition) is 3. The summed E-state index contributed by atoms with van der Waals surface area (Å²) in [6, 6.07) is 15.1. The molecule has 2 rings (SSSR count). The predicted octanol–water partition coefficient (Wildman–Crippen LogP) is 2.72. The molecule has 18 heavy (non-hydrogen) atoms. The number of nitrogen functional groups attached to an aromatic ring is 1. The number of hydrogen-bond donors (Lipinski definition) is 3. The van der Waals surface area contributed by atoms with Crippen molar-refractivity contribution in [2.24, 2.45) is 5.73 Å². The minimum Gasteiger partial charge on any atom is -0.497 e. The molecule has 2 aromatic rings. The molecule has 0 saturated heterocycles. The number of methoxy groups -OCH3 is 1. The standard InChI is InChI=1S/C14H15N3O/c1-18-13-4-2-3-12(9-13)17-11-7-5-10(6-8-11)14(15)16/h2-9,17H,1H3,(H3,15,16). The van der Waals surface area contributed by atoms with Gasteiger partial charge in [0, 0.05) is 23.0 Å². The fraction of sp³-hybridized carbons (Fsp3) is 0.0714. The van der Waals surface area contributed by atoms with Crippen molar-refractivity contribution in [3.63, 3.8) is 0 Å². The van der Waals surface area contributed by atoms with E-state index in [0.29, 0.717) is 5.56 Å². The second-order valence-electron chi connectivity index (χ2n) is 3.85. The number of benzene rings is 2. The van der Waals surface area contributed by atoms with E-state index in [4.69, 9.17) is 15.9 Å². The first-order valence-electron chi connectivity index (χ1n) is 5.54. The van der Waals surface area contributed by atoms with Gasteiger partial charge in [0.2, 0.25) is 0 Å². The second kappa shape index (κ2) is 5.23. The molecule has 4 heteroatoms. The van der Waals surface area contributed by atoms with Crippen LogP contribution in [0.15, 0.2) is 48.5 Å². The maximum Gasteiger partial charge on any atom is 0.122 e. The SMILES string of the molecule is COc1cccc(Nc2ccc(C(=N)N)cc2)c1. The maximum absolute atomic E-state index is 7.32. The predicted molar refractivity (Wildman–Crippen MR) is 73.7 cm³/mol. The third kappa shape index (κ3) is 2.79. The third-order valence-corrected chi connectivity index (χ3v) is 2.55. The summed E-state index contributed by atoms with van der Waals surface area (Å²) in [5, 5.41) is 10.6. The zero-order valence-corrected chi connectivity index (χ0v) is 10.1. The van der Waals surface area contributed by atoms with E-state index in [-0.39, 0.29) is 5.84 Å². The molecule has 0 radical (unpaired) electrons. The van der Waals surface area contributed by atoms with Crippen molar-refractivity contribution in [2.45, 2.75) is 0 Å². The Morgan fingerprint density at radius 3 is 2.44 bits per heavy atom. The van der Waals surface area contributed by atoms with Crippen LogP contribution in [-0.4, -0.2) is 12.9 Å². The van der Waals surface area contributed by atoms with Crippen molar-refractivity contribution in [2.75, 3.05) is 12.4 Å². The molecule has 0 aliphatic rings. The van der Waals surface area contributed by atoms with Crippen LogP contribution in [0, 0.1) is 5.41 Å². The Kier molecular flexibility index (Phi) is 3.48. The summed E-state index contributed by atoms with van der Waals surface area (Å²) in [7, 11) is 1.64. The van der Waals surface area contributed by atoms with E-state index in [9.17, 15) is 0 Å². The Labute approximate surface area is 106 Å². The van der Waals surface area contributed by atoms with Crippen molar-refractivity contribution in [3.8, 4) is 5.75 Å². The van der Waals surface area contributed by atoms with Gasteiger partial charge in [-0.05, 0) is 36.4 Å². The van der Waals surface area contributed by atoms with E-state index in [1.54, 1.807) is 7.11 Å². The quantitative estimate of drug-likeness (QED) is 0.569. The Morgan fingerprint density at radius 1 is 1.11 bits per heavy atom. The Bertz CT molecular complexity index is 549. The molecule has 0 bridgehead atoms. The zero-order valence-electron chi connectivity index (χ0n) is 10.1. The number of ether oxygens (including phenoxy) is 1. The van der Waals surface area contributed by atoms with Crippen LogP contribution in [0.25, 0.3) is 0 Å². The Hall–Kier alpha value is -2.49. The lowest BCUT2D eigenvalue weighted by Gasteiger charge is -2.08. The molecule has 0 aliphatic carbocycles. The maximum atomic E-state index is 7.32. The minimum atomic E-state index is 0.0722. The summed E-state index contributed by atoms with van der Waals surface area (Å²) in [4.78, 5) is 0. The van der Waals surface area contributed by atoms with Crippen LogP contribution in [0.1, 0.15) is 5.56 Å². The molecule has 0 heterocycles. The number of nitrogens with two attached hydrogens (primary N) is 1. The lowest BCUT2D eigenvalue weighted by atomic mass is 10.2. The summed E-state index contributed by atoms with van der Waals surface area (Å²) >= 11 is 0. The van der Waals surface area contributed by atoms with Crippen molar-refractivity contribution in [3.05, 3.63) is 54.1 Å². The van der Waals surface area contributed by atoms with Crippen molar-refractivity contribution in [1.82, 2.24) is 0 Å². The van der Waals surface area contributed by atoms with Crippen LogP contribution in [0.2, 0.25) is 0 Å². The topological polar surface area (TPSA) is 71.1 Å². The molecule has 2 aromatic carbocycles. The highest BCUT2D eigenvalue weighted by atomic mass is 16.5. The van der Waals surface area contributed by atoms with E-state index in [0.717, 1.165) is 17.1 Å². The Balaban J connectivity index is 2.15. The summed E-state index contributed by atoms with van der Waals surface area (Å²) in [6.07, 6.45) is 0. The van der Waals surface area contributed by atoms with E-state index >= 15 is 0 Å². The van der Waals surface area contributed by atoms with E-state index in [1.165, 1.54) is 0 Å². The van der Waals surface area contributed by atoms with Gasteiger partial charge in [0.25, 0.3) is 0 Å². The van der Waals surface area contributed by atoms with Gasteiger partial charge in [-0.15, -0.1) is 0 Å². The van der Waals surface area contributed by atoms with Gasteiger partial charge in [-0.25, -0.2) is 0 Å². The highest BCUT2D eigenvalue weighted by Gasteiger charge is 1.99. The summed E-state index contributed by atoms with van der Waals surface area (Å²) in [6.45, 7) is 0. The number of nitrogens with one attached hydrogen (secondary N) is 2. The van der Waals surface area contributed by atoms with Crippen LogP contribution in [0.3, 0.4) is 0 Å². The van der Waals surface area contributed by atoms with E-state index < -0.39 is 0 Å². The fourth-order valence-corrected chi connectivity index (χ4v) is 1.60. The van der Waals surface area contributed by atoms with Crippen LogP contribution >= 0.6 is 0 Å². The molecule has 4 N–H and O–H groups in total. The molecule has 0 amide bonds. The van der Waals surface area contributed by atoms with Gasteiger partial charge >= 0.3 is 0 Å². The zero-order chi connectivity index (χ0) is 13.0. The molecule has 0 spiro atoms. The number of anilines is 2. The van der Waals surface area contributed by atoms with Crippen molar-refractivity contribution >= 4 is 17.2 Å². The van der Waals surface area contributed by atoms with Gasteiger partial charge in [-0.1, -0.05) is 6.07 Å². The highest BCUT2D eigenvalue weighted by molar-refractivity contribution is 5.95. The lowest BCUT2D eigenvalue weighted by molar-refractivity contribution is 0.415. The fourth-order valence-electron chi connectivity index (χ4n) is 1.60. The second-order valence-corrected chi connectivity index (χ2v) is 3.85. The monoisotopic (exact) mass is 241 g/mol. The number of amidine groups is 1. The van der Waals surface area contributed by atoms with E-state index in [1.807, 2.05) is 48.5 Å². The van der Waals surface area contributed by atoms with Crippen LogP contribution in [-0.2, 0) is 0 Å². The summed E-state index contributed by atoms with van der Waals surface area (Å²) in [5.74, 6) is 0.878. The molecule has 0 saturated carbocycles. The normalized spacial score (nSPS) is 9.83.